The third kappa shape index (κ3) is 6.05. The first-order chi connectivity index (χ1) is 4.81. The predicted molar refractivity (Wildman–Crippen MR) is 41.9 cm³/mol. The lowest BCUT2D eigenvalue weighted by Gasteiger charge is -2.10. The fourth-order valence-electron chi connectivity index (χ4n) is 0.617. The van der Waals surface area contributed by atoms with E-state index in [1.807, 2.05) is 0 Å². The molecule has 0 bridgehead atoms. The Morgan fingerprint density at radius 1 is 1.40 bits per heavy atom. The van der Waals surface area contributed by atoms with Crippen molar-refractivity contribution in [2.45, 2.75) is 25.9 Å². The van der Waals surface area contributed by atoms with Gasteiger partial charge in [-0.05, 0) is 19.8 Å². The third-order valence-electron chi connectivity index (χ3n) is 1.20. The molecule has 1 radical (unpaired) electrons. The lowest BCUT2D eigenvalue weighted by atomic mass is 10.3. The Hall–Kier alpha value is -0.0800. The lowest BCUT2D eigenvalue weighted by molar-refractivity contribution is 0.0567. The fraction of sp³-hybridized carbons (Fsp3) is 0.875. The summed E-state index contributed by atoms with van der Waals surface area (Å²) in [6.07, 6.45) is 2.04. The van der Waals surface area contributed by atoms with Crippen molar-refractivity contribution in [2.24, 2.45) is 0 Å². The zero-order chi connectivity index (χ0) is 7.82. The molecular formula is C8H17O2. The van der Waals surface area contributed by atoms with Crippen molar-refractivity contribution in [3.63, 3.8) is 0 Å². The van der Waals surface area contributed by atoms with Crippen LogP contribution < -0.4 is 0 Å². The van der Waals surface area contributed by atoms with Crippen molar-refractivity contribution in [3.05, 3.63) is 6.92 Å². The van der Waals surface area contributed by atoms with E-state index in [0.29, 0.717) is 0 Å². The second kappa shape index (κ2) is 7.03. The highest BCUT2D eigenvalue weighted by atomic mass is 16.5. The third-order valence-corrected chi connectivity index (χ3v) is 1.20. The summed E-state index contributed by atoms with van der Waals surface area (Å²) < 4.78 is 10.2. The summed E-state index contributed by atoms with van der Waals surface area (Å²) >= 11 is 0. The van der Waals surface area contributed by atoms with Crippen LogP contribution in [0.25, 0.3) is 0 Å². The Labute approximate surface area is 63.5 Å². The number of hydrogen-bond donors (Lipinski definition) is 0. The molecule has 0 fully saturated rings. The monoisotopic (exact) mass is 145 g/mol. The van der Waals surface area contributed by atoms with Crippen LogP contribution in [0, 0.1) is 6.92 Å². The normalized spacial score (nSPS) is 13.5. The van der Waals surface area contributed by atoms with Gasteiger partial charge in [0, 0.05) is 20.3 Å². The molecule has 2 heteroatoms. The van der Waals surface area contributed by atoms with E-state index in [-0.39, 0.29) is 6.10 Å². The Balaban J connectivity index is 3.00. The molecule has 0 rings (SSSR count). The van der Waals surface area contributed by atoms with Crippen molar-refractivity contribution in [1.29, 1.82) is 0 Å². The molecule has 0 spiro atoms. The van der Waals surface area contributed by atoms with Gasteiger partial charge in [-0.25, -0.2) is 0 Å². The summed E-state index contributed by atoms with van der Waals surface area (Å²) in [7, 11) is 1.69. The van der Waals surface area contributed by atoms with E-state index in [4.69, 9.17) is 9.47 Å². The SMILES string of the molecule is [CH2]C(CCOC)OCCC. The Morgan fingerprint density at radius 2 is 2.10 bits per heavy atom. The average molecular weight is 145 g/mol. The summed E-state index contributed by atoms with van der Waals surface area (Å²) in [6, 6.07) is 0. The molecule has 61 valence electrons. The zero-order valence-electron chi connectivity index (χ0n) is 6.93. The van der Waals surface area contributed by atoms with Crippen LogP contribution >= 0.6 is 0 Å². The largest absolute Gasteiger partial charge is 0.385 e. The summed E-state index contributed by atoms with van der Waals surface area (Å²) in [5, 5.41) is 0. The summed E-state index contributed by atoms with van der Waals surface area (Å²) in [4.78, 5) is 0. The first-order valence-corrected chi connectivity index (χ1v) is 3.74. The second-order valence-electron chi connectivity index (χ2n) is 2.27. The van der Waals surface area contributed by atoms with Gasteiger partial charge in [0.25, 0.3) is 0 Å². The molecule has 0 aliphatic carbocycles. The van der Waals surface area contributed by atoms with E-state index >= 15 is 0 Å². The minimum absolute atomic E-state index is 0.0971. The topological polar surface area (TPSA) is 18.5 Å². The van der Waals surface area contributed by atoms with Gasteiger partial charge < -0.3 is 9.47 Å². The quantitative estimate of drug-likeness (QED) is 0.566. The van der Waals surface area contributed by atoms with Gasteiger partial charge in [0.05, 0.1) is 6.10 Å². The molecule has 0 aliphatic heterocycles. The maximum Gasteiger partial charge on any atom is 0.0598 e. The smallest absolute Gasteiger partial charge is 0.0598 e. The first kappa shape index (κ1) is 9.92. The van der Waals surface area contributed by atoms with E-state index in [2.05, 4.69) is 13.8 Å². The number of hydrogen-bond acceptors (Lipinski definition) is 2. The summed E-state index contributed by atoms with van der Waals surface area (Å²) in [5.74, 6) is 0. The van der Waals surface area contributed by atoms with Gasteiger partial charge in [0.2, 0.25) is 0 Å². The van der Waals surface area contributed by atoms with Gasteiger partial charge in [0.1, 0.15) is 0 Å². The van der Waals surface area contributed by atoms with Gasteiger partial charge in [-0.2, -0.15) is 0 Å². The van der Waals surface area contributed by atoms with E-state index in [1.165, 1.54) is 0 Å². The van der Waals surface area contributed by atoms with Crippen LogP contribution in [-0.2, 0) is 9.47 Å². The second-order valence-corrected chi connectivity index (χ2v) is 2.27. The highest BCUT2D eigenvalue weighted by Gasteiger charge is 1.99. The highest BCUT2D eigenvalue weighted by molar-refractivity contribution is 4.58. The minimum Gasteiger partial charge on any atom is -0.385 e. The Kier molecular flexibility index (Phi) is 6.98. The van der Waals surface area contributed by atoms with Crippen LogP contribution in [0.4, 0.5) is 0 Å². The maximum absolute atomic E-state index is 5.30. The highest BCUT2D eigenvalue weighted by Crippen LogP contribution is 1.96. The van der Waals surface area contributed by atoms with Crippen LogP contribution in [0.1, 0.15) is 19.8 Å². The minimum atomic E-state index is 0.0971. The molecule has 0 aromatic heterocycles. The number of ether oxygens (including phenoxy) is 2. The first-order valence-electron chi connectivity index (χ1n) is 3.74. The fourth-order valence-corrected chi connectivity index (χ4v) is 0.617. The molecule has 0 aliphatic rings. The predicted octanol–water partition coefficient (Wildman–Crippen LogP) is 1.65. The Bertz CT molecular complexity index is 56.3. The van der Waals surface area contributed by atoms with Crippen LogP contribution in [0.5, 0.6) is 0 Å². The molecule has 1 atom stereocenters. The van der Waals surface area contributed by atoms with Crippen molar-refractivity contribution in [3.8, 4) is 0 Å². The van der Waals surface area contributed by atoms with E-state index in [0.717, 1.165) is 26.1 Å². The molecule has 0 aromatic carbocycles. The lowest BCUT2D eigenvalue weighted by Crippen LogP contribution is -2.11. The van der Waals surface area contributed by atoms with E-state index < -0.39 is 0 Å². The number of methoxy groups -OCH3 is 1. The van der Waals surface area contributed by atoms with Gasteiger partial charge in [-0.15, -0.1) is 0 Å². The average Bonchev–Trinajstić information content (AvgIpc) is 1.97. The van der Waals surface area contributed by atoms with E-state index in [1.54, 1.807) is 7.11 Å². The van der Waals surface area contributed by atoms with Crippen molar-refractivity contribution in [1.82, 2.24) is 0 Å². The molecule has 0 saturated heterocycles. The number of rotatable bonds is 6. The van der Waals surface area contributed by atoms with E-state index in [9.17, 15) is 0 Å². The summed E-state index contributed by atoms with van der Waals surface area (Å²) in [6.45, 7) is 7.43. The molecule has 10 heavy (non-hydrogen) atoms. The summed E-state index contributed by atoms with van der Waals surface area (Å²) in [5.41, 5.74) is 0. The molecule has 0 aromatic rings. The van der Waals surface area contributed by atoms with Gasteiger partial charge in [-0.1, -0.05) is 6.92 Å². The van der Waals surface area contributed by atoms with Crippen molar-refractivity contribution >= 4 is 0 Å². The molecular weight excluding hydrogens is 128 g/mol. The maximum atomic E-state index is 5.30. The zero-order valence-corrected chi connectivity index (χ0v) is 6.93. The molecule has 0 heterocycles. The van der Waals surface area contributed by atoms with Crippen LogP contribution in [0.15, 0.2) is 0 Å². The van der Waals surface area contributed by atoms with Crippen LogP contribution in [0.2, 0.25) is 0 Å². The molecule has 2 nitrogen and oxygen atoms in total. The van der Waals surface area contributed by atoms with Crippen LogP contribution in [-0.4, -0.2) is 26.4 Å². The molecule has 0 saturated carbocycles. The van der Waals surface area contributed by atoms with Crippen LogP contribution in [0.3, 0.4) is 0 Å². The Morgan fingerprint density at radius 3 is 2.60 bits per heavy atom. The van der Waals surface area contributed by atoms with Crippen molar-refractivity contribution in [2.75, 3.05) is 20.3 Å². The standard InChI is InChI=1S/C8H17O2/c1-4-6-10-8(2)5-7-9-3/h8H,2,4-7H2,1,3H3. The van der Waals surface area contributed by atoms with Crippen molar-refractivity contribution < 1.29 is 9.47 Å². The van der Waals surface area contributed by atoms with Gasteiger partial charge >= 0.3 is 0 Å². The van der Waals surface area contributed by atoms with Gasteiger partial charge in [-0.3, -0.25) is 0 Å². The van der Waals surface area contributed by atoms with Gasteiger partial charge in [0.15, 0.2) is 0 Å². The molecule has 0 amide bonds. The molecule has 1 unspecified atom stereocenters. The molecule has 0 N–H and O–H groups in total.